The number of hydrogen-bond acceptors (Lipinski definition) is 3. The summed E-state index contributed by atoms with van der Waals surface area (Å²) < 4.78 is 25.4. The molecule has 1 aromatic rings. The lowest BCUT2D eigenvalue weighted by Crippen LogP contribution is -2.22. The normalized spacial score (nSPS) is 11.2. The number of alkyl halides is 2. The van der Waals surface area contributed by atoms with E-state index in [1.54, 1.807) is 0 Å². The van der Waals surface area contributed by atoms with Crippen LogP contribution >= 0.6 is 15.9 Å². The van der Waals surface area contributed by atoms with Crippen molar-refractivity contribution in [2.75, 3.05) is 5.32 Å². The molecule has 15 heavy (non-hydrogen) atoms. The summed E-state index contributed by atoms with van der Waals surface area (Å²) in [4.78, 5) is 18.6. The van der Waals surface area contributed by atoms with Gasteiger partial charge in [0.2, 0.25) is 5.91 Å². The van der Waals surface area contributed by atoms with Gasteiger partial charge in [-0.15, -0.1) is 0 Å². The molecule has 82 valence electrons. The van der Waals surface area contributed by atoms with E-state index in [1.165, 1.54) is 12.4 Å². The van der Waals surface area contributed by atoms with Gasteiger partial charge in [0.05, 0.1) is 18.8 Å². The zero-order valence-corrected chi connectivity index (χ0v) is 9.38. The molecule has 0 aliphatic heterocycles. The van der Waals surface area contributed by atoms with Gasteiger partial charge in [-0.25, -0.2) is 18.7 Å². The third kappa shape index (κ3) is 4.78. The monoisotopic (exact) mass is 279 g/mol. The fraction of sp³-hybridized carbons (Fsp3) is 0.375. The Morgan fingerprint density at radius 2 is 2.20 bits per heavy atom. The molecule has 4 nitrogen and oxygen atoms in total. The van der Waals surface area contributed by atoms with Crippen LogP contribution in [0.3, 0.4) is 0 Å². The average molecular weight is 280 g/mol. The van der Waals surface area contributed by atoms with Crippen LogP contribution in [0, 0.1) is 0 Å². The number of hydrogen-bond donors (Lipinski definition) is 1. The molecule has 0 saturated carbocycles. The Morgan fingerprint density at radius 3 is 2.67 bits per heavy atom. The highest BCUT2D eigenvalue weighted by atomic mass is 79.9. The fourth-order valence-electron chi connectivity index (χ4n) is 0.846. The van der Waals surface area contributed by atoms with Gasteiger partial charge in [-0.2, -0.15) is 0 Å². The molecule has 0 saturated heterocycles. The number of nitrogens with one attached hydrogen (secondary N) is 1. The number of aromatic nitrogens is 2. The number of anilines is 1. The van der Waals surface area contributed by atoms with Gasteiger partial charge in [0.15, 0.2) is 5.82 Å². The van der Waals surface area contributed by atoms with Crippen molar-refractivity contribution in [3.05, 3.63) is 17.0 Å². The van der Waals surface area contributed by atoms with Crippen molar-refractivity contribution >= 4 is 27.7 Å². The summed E-state index contributed by atoms with van der Waals surface area (Å²) in [6.07, 6.45) is 1.76. The van der Waals surface area contributed by atoms with E-state index in [2.05, 4.69) is 31.2 Å². The highest BCUT2D eigenvalue weighted by Gasteiger charge is 2.25. The van der Waals surface area contributed by atoms with Crippen LogP contribution in [0.1, 0.15) is 13.3 Å². The molecular weight excluding hydrogens is 272 g/mol. The van der Waals surface area contributed by atoms with Gasteiger partial charge in [-0.3, -0.25) is 4.79 Å². The summed E-state index contributed by atoms with van der Waals surface area (Å²) in [5, 5.41) is 2.21. The van der Waals surface area contributed by atoms with Gasteiger partial charge in [-0.1, -0.05) is 0 Å². The molecule has 1 N–H and O–H groups in total. The molecule has 0 fully saturated rings. The lowest BCUT2D eigenvalue weighted by molar-refractivity contribution is -0.122. The van der Waals surface area contributed by atoms with E-state index in [9.17, 15) is 13.6 Å². The van der Waals surface area contributed by atoms with Crippen LogP contribution in [-0.4, -0.2) is 21.8 Å². The first kappa shape index (κ1) is 12.0. The van der Waals surface area contributed by atoms with Crippen LogP contribution in [0.25, 0.3) is 0 Å². The van der Waals surface area contributed by atoms with Gasteiger partial charge >= 0.3 is 0 Å². The minimum Gasteiger partial charge on any atom is -0.309 e. The van der Waals surface area contributed by atoms with E-state index >= 15 is 0 Å². The summed E-state index contributed by atoms with van der Waals surface area (Å²) >= 11 is 3.05. The molecule has 0 aliphatic carbocycles. The summed E-state index contributed by atoms with van der Waals surface area (Å²) in [6.45, 7) is 0.680. The third-order valence-corrected chi connectivity index (χ3v) is 1.77. The number of halogens is 3. The molecule has 0 radical (unpaired) electrons. The van der Waals surface area contributed by atoms with E-state index < -0.39 is 18.3 Å². The lowest BCUT2D eigenvalue weighted by Gasteiger charge is -2.09. The van der Waals surface area contributed by atoms with Crippen molar-refractivity contribution in [1.29, 1.82) is 0 Å². The number of rotatable bonds is 3. The van der Waals surface area contributed by atoms with Gasteiger partial charge in [-0.05, 0) is 22.9 Å². The molecule has 1 heterocycles. The second-order valence-electron chi connectivity index (χ2n) is 3.02. The van der Waals surface area contributed by atoms with Crippen LogP contribution < -0.4 is 5.32 Å². The first-order chi connectivity index (χ1) is 6.87. The van der Waals surface area contributed by atoms with E-state index in [4.69, 9.17) is 0 Å². The summed E-state index contributed by atoms with van der Waals surface area (Å²) in [7, 11) is 0. The predicted molar refractivity (Wildman–Crippen MR) is 53.6 cm³/mol. The van der Waals surface area contributed by atoms with E-state index in [0.717, 1.165) is 0 Å². The van der Waals surface area contributed by atoms with Crippen molar-refractivity contribution in [1.82, 2.24) is 9.97 Å². The Hall–Kier alpha value is -1.11. The van der Waals surface area contributed by atoms with Gasteiger partial charge in [0.1, 0.15) is 4.60 Å². The van der Waals surface area contributed by atoms with Crippen LogP contribution in [0.4, 0.5) is 14.6 Å². The molecule has 0 aliphatic rings. The molecular formula is C8H8BrF2N3O. The molecule has 0 spiro atoms. The molecule has 0 atom stereocenters. The Balaban J connectivity index is 2.55. The maximum absolute atomic E-state index is 12.4. The predicted octanol–water partition coefficient (Wildman–Crippen LogP) is 2.22. The second kappa shape index (κ2) is 4.61. The summed E-state index contributed by atoms with van der Waals surface area (Å²) in [5.74, 6) is -3.67. The molecule has 7 heteroatoms. The smallest absolute Gasteiger partial charge is 0.254 e. The van der Waals surface area contributed by atoms with Crippen LogP contribution in [0.15, 0.2) is 17.0 Å². The highest BCUT2D eigenvalue weighted by molar-refractivity contribution is 9.10. The maximum atomic E-state index is 12.4. The number of nitrogens with zero attached hydrogens (tertiary/aromatic N) is 2. The van der Waals surface area contributed by atoms with Crippen molar-refractivity contribution in [3.63, 3.8) is 0 Å². The average Bonchev–Trinajstić information content (AvgIpc) is 2.05. The summed E-state index contributed by atoms with van der Waals surface area (Å²) in [6, 6.07) is 0. The minimum absolute atomic E-state index is 0.146. The van der Waals surface area contributed by atoms with Crippen LogP contribution in [-0.2, 0) is 4.79 Å². The molecule has 1 rings (SSSR count). The second-order valence-corrected chi connectivity index (χ2v) is 3.83. The number of carbonyl (C=O) groups excluding carboxylic acids is 1. The zero-order valence-electron chi connectivity index (χ0n) is 7.80. The van der Waals surface area contributed by atoms with E-state index in [1.807, 2.05) is 0 Å². The number of carbonyl (C=O) groups is 1. The minimum atomic E-state index is -3.02. The zero-order chi connectivity index (χ0) is 11.5. The molecule has 0 aromatic carbocycles. The standard InChI is InChI=1S/C8H8BrF2N3O/c1-8(10,11)2-7(15)14-6-4-12-5(9)3-13-6/h3-4H,2H2,1H3,(H,13,14,15). The van der Waals surface area contributed by atoms with Crippen molar-refractivity contribution in [2.24, 2.45) is 0 Å². The Labute approximate surface area is 93.2 Å². The highest BCUT2D eigenvalue weighted by Crippen LogP contribution is 2.17. The lowest BCUT2D eigenvalue weighted by atomic mass is 10.2. The number of amides is 1. The van der Waals surface area contributed by atoms with Crippen molar-refractivity contribution < 1.29 is 13.6 Å². The topological polar surface area (TPSA) is 54.9 Å². The third-order valence-electron chi connectivity index (χ3n) is 1.36. The fourth-order valence-corrected chi connectivity index (χ4v) is 1.05. The largest absolute Gasteiger partial charge is 0.309 e. The van der Waals surface area contributed by atoms with Gasteiger partial charge in [0, 0.05) is 0 Å². The van der Waals surface area contributed by atoms with Crippen LogP contribution in [0.5, 0.6) is 0 Å². The molecule has 0 unspecified atom stereocenters. The van der Waals surface area contributed by atoms with Gasteiger partial charge in [0.25, 0.3) is 5.92 Å². The van der Waals surface area contributed by atoms with Crippen molar-refractivity contribution in [2.45, 2.75) is 19.3 Å². The molecule has 1 amide bonds. The Bertz CT molecular complexity index is 350. The molecule has 0 bridgehead atoms. The molecule has 1 aromatic heterocycles. The first-order valence-corrected chi connectivity index (χ1v) is 4.81. The maximum Gasteiger partial charge on any atom is 0.254 e. The Kier molecular flexibility index (Phi) is 3.67. The first-order valence-electron chi connectivity index (χ1n) is 4.02. The van der Waals surface area contributed by atoms with E-state index in [0.29, 0.717) is 11.5 Å². The SMILES string of the molecule is CC(F)(F)CC(=O)Nc1cnc(Br)cn1. The Morgan fingerprint density at radius 1 is 1.53 bits per heavy atom. The summed E-state index contributed by atoms with van der Waals surface area (Å²) in [5.41, 5.74) is 0. The quantitative estimate of drug-likeness (QED) is 0.923. The van der Waals surface area contributed by atoms with Gasteiger partial charge < -0.3 is 5.32 Å². The van der Waals surface area contributed by atoms with E-state index in [-0.39, 0.29) is 5.82 Å². The van der Waals surface area contributed by atoms with Crippen LogP contribution in [0.2, 0.25) is 0 Å². The van der Waals surface area contributed by atoms with Crippen molar-refractivity contribution in [3.8, 4) is 0 Å².